The maximum Gasteiger partial charge on any atom is 0.104 e. The van der Waals surface area contributed by atoms with Gasteiger partial charge >= 0.3 is 0 Å². The average Bonchev–Trinajstić information content (AvgIpc) is 2.88. The minimum absolute atomic E-state index is 0.357. The normalized spacial score (nSPS) is 14.1. The zero-order valence-electron chi connectivity index (χ0n) is 27.9. The summed E-state index contributed by atoms with van der Waals surface area (Å²) in [4.78, 5) is 0. The fourth-order valence-electron chi connectivity index (χ4n) is 8.45. The second-order valence-corrected chi connectivity index (χ2v) is 26.4. The minimum atomic E-state index is -2.38. The first kappa shape index (κ1) is 36.9. The number of halogens is 2. The molecular formula is C36H54Cl2O2Si2. The lowest BCUT2D eigenvalue weighted by Crippen LogP contribution is -2.49. The lowest BCUT2D eigenvalue weighted by molar-refractivity contribution is 0.220. The summed E-state index contributed by atoms with van der Waals surface area (Å²) >= 11 is 12.5. The molecular weight excluding hydrogens is 591 g/mol. The van der Waals surface area contributed by atoms with E-state index in [2.05, 4.69) is 94.5 Å². The molecule has 232 valence electrons. The predicted molar refractivity (Wildman–Crippen MR) is 189 cm³/mol. The molecule has 0 bridgehead atoms. The van der Waals surface area contributed by atoms with Gasteiger partial charge in [-0.1, -0.05) is 142 Å². The van der Waals surface area contributed by atoms with Gasteiger partial charge in [0.1, 0.15) is 28.4 Å². The Kier molecular flexibility index (Phi) is 13.3. The Morgan fingerprint density at radius 1 is 0.476 bits per heavy atom. The lowest BCUT2D eigenvalue weighted by Gasteiger charge is -2.46. The highest BCUT2D eigenvalue weighted by Gasteiger charge is 2.50. The van der Waals surface area contributed by atoms with Crippen LogP contribution in [0.1, 0.15) is 106 Å². The Bertz CT molecular complexity index is 1120. The number of hydrogen-bond donors (Lipinski definition) is 2. The van der Waals surface area contributed by atoms with Crippen LogP contribution in [0, 0.1) is 0 Å². The van der Waals surface area contributed by atoms with Crippen LogP contribution in [0.15, 0.2) is 70.4 Å². The fraction of sp³-hybridized carbons (Fsp3) is 0.556. The first-order chi connectivity index (χ1) is 19.5. The van der Waals surface area contributed by atoms with Crippen LogP contribution in [0.4, 0.5) is 0 Å². The van der Waals surface area contributed by atoms with Crippen molar-refractivity contribution in [3.8, 4) is 0 Å². The van der Waals surface area contributed by atoms with Crippen molar-refractivity contribution in [1.82, 2.24) is 0 Å². The van der Waals surface area contributed by atoms with Crippen molar-refractivity contribution in [3.05, 3.63) is 91.6 Å². The Morgan fingerprint density at radius 3 is 0.881 bits per heavy atom. The van der Waals surface area contributed by atoms with Gasteiger partial charge in [-0.3, -0.25) is 0 Å². The van der Waals surface area contributed by atoms with E-state index >= 15 is 0 Å². The lowest BCUT2D eigenvalue weighted by atomic mass is 10.1. The van der Waals surface area contributed by atoms with E-state index in [-0.39, 0.29) is 0 Å². The van der Waals surface area contributed by atoms with E-state index in [1.165, 1.54) is 0 Å². The molecule has 0 spiro atoms. The van der Waals surface area contributed by atoms with Crippen LogP contribution in [0.2, 0.25) is 43.3 Å². The molecule has 0 heterocycles. The molecule has 0 saturated carbocycles. The van der Waals surface area contributed by atoms with E-state index in [0.717, 1.165) is 21.5 Å². The topological polar surface area (TPSA) is 40.5 Å². The minimum Gasteiger partial charge on any atom is -0.384 e. The standard InChI is InChI=1S/C36H54Cl2O2Si2/c1-23(2)41(24(3)4,25(5)6)33(35(39)29-13-17-31(37)18-14-29)21-22-34(36(40)30-15-19-32(38)20-16-30)42(26(7)8,27(9)10)28(11)12/h13-20,23-28,35-36,39-40H,1-12H3. The van der Waals surface area contributed by atoms with Gasteiger partial charge in [-0.25, -0.2) is 0 Å². The van der Waals surface area contributed by atoms with E-state index in [4.69, 9.17) is 23.2 Å². The predicted octanol–water partition coefficient (Wildman–Crippen LogP) is 11.8. The van der Waals surface area contributed by atoms with Gasteiger partial charge < -0.3 is 10.2 Å². The molecule has 6 heteroatoms. The van der Waals surface area contributed by atoms with Crippen molar-refractivity contribution in [3.63, 3.8) is 0 Å². The van der Waals surface area contributed by atoms with Crippen LogP contribution in [0.25, 0.3) is 0 Å². The third-order valence-electron chi connectivity index (χ3n) is 9.92. The third-order valence-corrected chi connectivity index (χ3v) is 24.5. The molecule has 0 aromatic heterocycles. The molecule has 42 heavy (non-hydrogen) atoms. The molecule has 2 N–H and O–H groups in total. The Labute approximate surface area is 268 Å². The summed E-state index contributed by atoms with van der Waals surface area (Å²) in [6, 6.07) is 15.0. The van der Waals surface area contributed by atoms with Crippen LogP contribution in [-0.4, -0.2) is 26.4 Å². The van der Waals surface area contributed by atoms with Crippen LogP contribution >= 0.6 is 23.2 Å². The van der Waals surface area contributed by atoms with E-state index in [9.17, 15) is 10.2 Å². The van der Waals surface area contributed by atoms with Crippen LogP contribution < -0.4 is 0 Å². The van der Waals surface area contributed by atoms with Gasteiger partial charge in [0.05, 0.1) is 0 Å². The smallest absolute Gasteiger partial charge is 0.104 e. The Hall–Kier alpha value is -1.33. The van der Waals surface area contributed by atoms with Crippen molar-refractivity contribution in [2.75, 3.05) is 0 Å². The molecule has 0 aliphatic heterocycles. The molecule has 0 aliphatic carbocycles. The van der Waals surface area contributed by atoms with Crippen LogP contribution in [-0.2, 0) is 0 Å². The average molecular weight is 646 g/mol. The maximum atomic E-state index is 12.2. The molecule has 0 amide bonds. The van der Waals surface area contributed by atoms with Gasteiger partial charge in [-0.05, 0) is 68.6 Å². The van der Waals surface area contributed by atoms with Crippen molar-refractivity contribution in [2.24, 2.45) is 0 Å². The largest absolute Gasteiger partial charge is 0.384 e. The van der Waals surface area contributed by atoms with Crippen molar-refractivity contribution >= 4 is 39.3 Å². The highest BCUT2D eigenvalue weighted by Crippen LogP contribution is 2.51. The second kappa shape index (κ2) is 15.1. The highest BCUT2D eigenvalue weighted by molar-refractivity contribution is 6.90. The van der Waals surface area contributed by atoms with Crippen molar-refractivity contribution in [1.29, 1.82) is 0 Å². The summed E-state index contributed by atoms with van der Waals surface area (Å²) in [6.45, 7) is 27.6. The molecule has 2 unspecified atom stereocenters. The van der Waals surface area contributed by atoms with Gasteiger partial charge in [0, 0.05) is 20.4 Å². The molecule has 0 fully saturated rings. The number of rotatable bonds is 12. The van der Waals surface area contributed by atoms with E-state index < -0.39 is 28.4 Å². The molecule has 0 aliphatic rings. The molecule has 0 saturated heterocycles. The van der Waals surface area contributed by atoms with E-state index in [0.29, 0.717) is 43.3 Å². The Balaban J connectivity index is 3.26. The molecule has 2 nitrogen and oxygen atoms in total. The van der Waals surface area contributed by atoms with E-state index in [1.54, 1.807) is 0 Å². The summed E-state index contributed by atoms with van der Waals surface area (Å²) < 4.78 is 0. The summed E-state index contributed by atoms with van der Waals surface area (Å²) in [5.74, 6) is 0. The van der Waals surface area contributed by atoms with Gasteiger partial charge in [0.15, 0.2) is 0 Å². The molecule has 2 aromatic carbocycles. The summed E-state index contributed by atoms with van der Waals surface area (Å²) in [5.41, 5.74) is 11.2. The number of hydrogen-bond acceptors (Lipinski definition) is 2. The van der Waals surface area contributed by atoms with Gasteiger partial charge in [-0.15, -0.1) is 0 Å². The zero-order chi connectivity index (χ0) is 32.2. The maximum absolute atomic E-state index is 12.2. The Morgan fingerprint density at radius 2 is 0.690 bits per heavy atom. The van der Waals surface area contributed by atoms with Crippen molar-refractivity contribution in [2.45, 2.75) is 129 Å². The summed E-state index contributed by atoms with van der Waals surface area (Å²) in [6.07, 6.45) is -1.67. The fourth-order valence-corrected chi connectivity index (χ4v) is 22.3. The van der Waals surface area contributed by atoms with Gasteiger partial charge in [0.25, 0.3) is 0 Å². The van der Waals surface area contributed by atoms with Crippen molar-refractivity contribution < 1.29 is 10.2 Å². The molecule has 0 radical (unpaired) electrons. The van der Waals surface area contributed by atoms with Crippen LogP contribution in [0.3, 0.4) is 0 Å². The second-order valence-electron chi connectivity index (χ2n) is 13.8. The van der Waals surface area contributed by atoms with Crippen LogP contribution in [0.5, 0.6) is 0 Å². The number of aliphatic hydroxyl groups is 2. The third kappa shape index (κ3) is 7.14. The number of benzene rings is 2. The van der Waals surface area contributed by atoms with Gasteiger partial charge in [-0.2, -0.15) is 0 Å². The first-order valence-electron chi connectivity index (χ1n) is 15.6. The quantitative estimate of drug-likeness (QED) is 0.178. The highest BCUT2D eigenvalue weighted by atomic mass is 35.5. The zero-order valence-corrected chi connectivity index (χ0v) is 31.4. The first-order valence-corrected chi connectivity index (χ1v) is 20.8. The van der Waals surface area contributed by atoms with E-state index in [1.807, 2.05) is 48.5 Å². The SMILES string of the molecule is CC(C)[Si](C(=C=C=C(C(O)c1ccc(Cl)cc1)[Si](C(C)C)(C(C)C)C(C)C)C(O)c1ccc(Cl)cc1)(C(C)C)C(C)C. The summed E-state index contributed by atoms with van der Waals surface area (Å²) in [7, 11) is -4.76. The van der Waals surface area contributed by atoms with Gasteiger partial charge in [0.2, 0.25) is 0 Å². The molecule has 2 atom stereocenters. The molecule has 2 rings (SSSR count). The number of aliphatic hydroxyl groups excluding tert-OH is 2. The summed E-state index contributed by atoms with van der Waals surface area (Å²) in [5, 5.41) is 27.5. The monoisotopic (exact) mass is 644 g/mol. The molecule has 2 aromatic rings.